The van der Waals surface area contributed by atoms with Gasteiger partial charge in [0.15, 0.2) is 0 Å². The molecule has 1 aliphatic rings. The normalized spacial score (nSPS) is 21.0. The Kier molecular flexibility index (Phi) is 7.51. The van der Waals surface area contributed by atoms with Gasteiger partial charge in [-0.3, -0.25) is 4.90 Å². The molecule has 1 heterocycles. The van der Waals surface area contributed by atoms with Crippen LogP contribution in [-0.4, -0.2) is 67.6 Å². The highest BCUT2D eigenvalue weighted by Gasteiger charge is 2.24. The lowest BCUT2D eigenvalue weighted by Crippen LogP contribution is -2.48. The molecule has 3 nitrogen and oxygen atoms in total. The minimum absolute atomic E-state index is 0.579. The number of rotatable bonds is 7. The summed E-state index contributed by atoms with van der Waals surface area (Å²) in [5, 5.41) is 0. The fourth-order valence-electron chi connectivity index (χ4n) is 2.65. The van der Waals surface area contributed by atoms with Gasteiger partial charge in [-0.2, -0.15) is 11.8 Å². The van der Waals surface area contributed by atoms with E-state index in [-0.39, 0.29) is 0 Å². The Morgan fingerprint density at radius 3 is 2.59 bits per heavy atom. The second-order valence-electron chi connectivity index (χ2n) is 5.22. The first kappa shape index (κ1) is 15.3. The minimum Gasteiger partial charge on any atom is -0.329 e. The standard InChI is InChI=1S/C13H29N3S/c1-15-8-6-12(7-9-15)16(2)13(11-14)5-4-10-17-3/h12-13H,4-11,14H2,1-3H3. The van der Waals surface area contributed by atoms with Crippen LogP contribution in [0.2, 0.25) is 0 Å². The molecule has 0 radical (unpaired) electrons. The monoisotopic (exact) mass is 259 g/mol. The number of nitrogens with zero attached hydrogens (tertiary/aromatic N) is 2. The lowest BCUT2D eigenvalue weighted by molar-refractivity contribution is 0.105. The summed E-state index contributed by atoms with van der Waals surface area (Å²) in [7, 11) is 4.49. The van der Waals surface area contributed by atoms with Gasteiger partial charge in [0, 0.05) is 18.6 Å². The Labute approximate surface area is 111 Å². The Balaban J connectivity index is 2.34. The summed E-state index contributed by atoms with van der Waals surface area (Å²) in [4.78, 5) is 4.98. The highest BCUT2D eigenvalue weighted by Crippen LogP contribution is 2.18. The van der Waals surface area contributed by atoms with E-state index >= 15 is 0 Å². The van der Waals surface area contributed by atoms with Crippen molar-refractivity contribution in [1.82, 2.24) is 9.80 Å². The lowest BCUT2D eigenvalue weighted by atomic mass is 10.0. The molecule has 0 aromatic carbocycles. The molecule has 0 saturated carbocycles. The summed E-state index contributed by atoms with van der Waals surface area (Å²) < 4.78 is 0. The quantitative estimate of drug-likeness (QED) is 0.702. The average Bonchev–Trinajstić information content (AvgIpc) is 2.35. The smallest absolute Gasteiger partial charge is 0.0218 e. The number of thioether (sulfide) groups is 1. The summed E-state index contributed by atoms with van der Waals surface area (Å²) in [5.74, 6) is 1.26. The summed E-state index contributed by atoms with van der Waals surface area (Å²) >= 11 is 1.94. The number of nitrogens with two attached hydrogens (primary N) is 1. The summed E-state index contributed by atoms with van der Waals surface area (Å²) in [6.45, 7) is 3.27. The Hall–Kier alpha value is 0.230. The molecule has 1 fully saturated rings. The van der Waals surface area contributed by atoms with E-state index in [0.29, 0.717) is 6.04 Å². The van der Waals surface area contributed by atoms with E-state index in [1.54, 1.807) is 0 Å². The Morgan fingerprint density at radius 1 is 1.41 bits per heavy atom. The number of piperidine rings is 1. The fraction of sp³-hybridized carbons (Fsp3) is 1.00. The predicted molar refractivity (Wildman–Crippen MR) is 78.7 cm³/mol. The fourth-order valence-corrected chi connectivity index (χ4v) is 3.11. The van der Waals surface area contributed by atoms with Gasteiger partial charge in [-0.1, -0.05) is 0 Å². The first-order valence-corrected chi connectivity index (χ1v) is 8.18. The van der Waals surface area contributed by atoms with E-state index in [0.717, 1.165) is 12.6 Å². The van der Waals surface area contributed by atoms with Crippen LogP contribution >= 0.6 is 11.8 Å². The van der Waals surface area contributed by atoms with E-state index < -0.39 is 0 Å². The molecule has 102 valence electrons. The highest BCUT2D eigenvalue weighted by molar-refractivity contribution is 7.98. The van der Waals surface area contributed by atoms with Crippen molar-refractivity contribution in [1.29, 1.82) is 0 Å². The van der Waals surface area contributed by atoms with E-state index in [1.807, 2.05) is 11.8 Å². The van der Waals surface area contributed by atoms with Gasteiger partial charge in [0.05, 0.1) is 0 Å². The Bertz CT molecular complexity index is 193. The van der Waals surface area contributed by atoms with Gasteiger partial charge in [-0.05, 0) is 64.9 Å². The molecule has 1 unspecified atom stereocenters. The van der Waals surface area contributed by atoms with Crippen LogP contribution < -0.4 is 5.73 Å². The van der Waals surface area contributed by atoms with Crippen LogP contribution in [0.4, 0.5) is 0 Å². The van der Waals surface area contributed by atoms with E-state index in [9.17, 15) is 0 Å². The third-order valence-corrected chi connectivity index (χ3v) is 4.69. The summed E-state index contributed by atoms with van der Waals surface area (Å²) in [6, 6.07) is 1.32. The van der Waals surface area contributed by atoms with Crippen LogP contribution in [0.1, 0.15) is 25.7 Å². The molecule has 0 amide bonds. The van der Waals surface area contributed by atoms with Crippen LogP contribution in [0.5, 0.6) is 0 Å². The van der Waals surface area contributed by atoms with Gasteiger partial charge in [0.2, 0.25) is 0 Å². The molecule has 0 aromatic rings. The lowest BCUT2D eigenvalue weighted by Gasteiger charge is -2.39. The van der Waals surface area contributed by atoms with Gasteiger partial charge in [0.1, 0.15) is 0 Å². The van der Waals surface area contributed by atoms with Crippen LogP contribution in [0.3, 0.4) is 0 Å². The van der Waals surface area contributed by atoms with E-state index in [1.165, 1.54) is 44.5 Å². The zero-order chi connectivity index (χ0) is 12.7. The van der Waals surface area contributed by atoms with Gasteiger partial charge < -0.3 is 10.6 Å². The summed E-state index contributed by atoms with van der Waals surface area (Å²) in [6.07, 6.45) is 7.32. The number of likely N-dealkylation sites (tertiary alicyclic amines) is 1. The molecular weight excluding hydrogens is 230 g/mol. The third-order valence-electron chi connectivity index (χ3n) is 4.00. The zero-order valence-corrected chi connectivity index (χ0v) is 12.5. The first-order valence-electron chi connectivity index (χ1n) is 6.78. The van der Waals surface area contributed by atoms with Crippen LogP contribution in [0.15, 0.2) is 0 Å². The Morgan fingerprint density at radius 2 is 2.06 bits per heavy atom. The van der Waals surface area contributed by atoms with Crippen molar-refractivity contribution in [2.45, 2.75) is 37.8 Å². The molecule has 1 aliphatic heterocycles. The van der Waals surface area contributed by atoms with Gasteiger partial charge in [-0.25, -0.2) is 0 Å². The highest BCUT2D eigenvalue weighted by atomic mass is 32.2. The van der Waals surface area contributed by atoms with Crippen LogP contribution in [-0.2, 0) is 0 Å². The molecule has 4 heteroatoms. The molecule has 17 heavy (non-hydrogen) atoms. The van der Waals surface area contributed by atoms with Crippen LogP contribution in [0, 0.1) is 0 Å². The van der Waals surface area contributed by atoms with Gasteiger partial charge in [-0.15, -0.1) is 0 Å². The molecule has 0 bridgehead atoms. The third kappa shape index (κ3) is 5.16. The summed E-state index contributed by atoms with van der Waals surface area (Å²) in [5.41, 5.74) is 5.93. The number of hydrogen-bond donors (Lipinski definition) is 1. The average molecular weight is 259 g/mol. The predicted octanol–water partition coefficient (Wildman–Crippen LogP) is 1.48. The zero-order valence-electron chi connectivity index (χ0n) is 11.7. The molecular formula is C13H29N3S. The second-order valence-corrected chi connectivity index (χ2v) is 6.21. The molecule has 1 atom stereocenters. The van der Waals surface area contributed by atoms with Crippen molar-refractivity contribution in [2.24, 2.45) is 5.73 Å². The number of hydrogen-bond acceptors (Lipinski definition) is 4. The second kappa shape index (κ2) is 8.35. The number of likely N-dealkylation sites (N-methyl/N-ethyl adjacent to an activating group) is 1. The van der Waals surface area contributed by atoms with E-state index in [4.69, 9.17) is 5.73 Å². The van der Waals surface area contributed by atoms with E-state index in [2.05, 4.69) is 30.2 Å². The molecule has 0 aliphatic carbocycles. The molecule has 2 N–H and O–H groups in total. The SMILES string of the molecule is CSCCCC(CN)N(C)C1CCN(C)CC1. The maximum atomic E-state index is 5.93. The first-order chi connectivity index (χ1) is 8.19. The van der Waals surface area contributed by atoms with Gasteiger partial charge in [0.25, 0.3) is 0 Å². The van der Waals surface area contributed by atoms with Crippen molar-refractivity contribution >= 4 is 11.8 Å². The topological polar surface area (TPSA) is 32.5 Å². The molecule has 1 rings (SSSR count). The minimum atomic E-state index is 0.579. The van der Waals surface area contributed by atoms with Crippen molar-refractivity contribution in [3.05, 3.63) is 0 Å². The van der Waals surface area contributed by atoms with Crippen molar-refractivity contribution in [2.75, 3.05) is 45.7 Å². The molecule has 1 saturated heterocycles. The van der Waals surface area contributed by atoms with Crippen molar-refractivity contribution < 1.29 is 0 Å². The largest absolute Gasteiger partial charge is 0.329 e. The molecule has 0 spiro atoms. The van der Waals surface area contributed by atoms with Gasteiger partial charge >= 0.3 is 0 Å². The molecule has 0 aromatic heterocycles. The van der Waals surface area contributed by atoms with Crippen molar-refractivity contribution in [3.8, 4) is 0 Å². The maximum absolute atomic E-state index is 5.93. The van der Waals surface area contributed by atoms with Crippen LogP contribution in [0.25, 0.3) is 0 Å². The maximum Gasteiger partial charge on any atom is 0.0218 e. The van der Waals surface area contributed by atoms with Crippen molar-refractivity contribution in [3.63, 3.8) is 0 Å².